The molecular formula is C12H19N3O3S. The normalized spacial score (nSPS) is 20.6. The molecule has 1 aliphatic rings. The second kappa shape index (κ2) is 5.52. The van der Waals surface area contributed by atoms with Crippen molar-refractivity contribution in [3.05, 3.63) is 10.6 Å². The number of carbonyl (C=O) groups excluding carboxylic acids is 1. The quantitative estimate of drug-likeness (QED) is 0.864. The van der Waals surface area contributed by atoms with E-state index >= 15 is 0 Å². The molecule has 1 aromatic rings. The van der Waals surface area contributed by atoms with Crippen molar-refractivity contribution >= 4 is 17.4 Å². The number of aliphatic hydroxyl groups is 1. The molecule has 0 radical (unpaired) electrons. The molecule has 1 fully saturated rings. The Morgan fingerprint density at radius 1 is 1.58 bits per heavy atom. The van der Waals surface area contributed by atoms with E-state index in [4.69, 9.17) is 9.84 Å². The fourth-order valence-electron chi connectivity index (χ4n) is 1.98. The minimum atomic E-state index is -0.295. The first-order valence-corrected chi connectivity index (χ1v) is 7.05. The third-order valence-corrected chi connectivity index (χ3v) is 3.74. The zero-order valence-corrected chi connectivity index (χ0v) is 12.2. The lowest BCUT2D eigenvalue weighted by molar-refractivity contribution is -0.0446. The topological polar surface area (TPSA) is 75.6 Å². The first kappa shape index (κ1) is 14.4. The average molecular weight is 285 g/mol. The molecule has 19 heavy (non-hydrogen) atoms. The van der Waals surface area contributed by atoms with Gasteiger partial charge in [0.2, 0.25) is 0 Å². The van der Waals surface area contributed by atoms with Crippen molar-refractivity contribution in [1.29, 1.82) is 0 Å². The molecule has 1 unspecified atom stereocenters. The summed E-state index contributed by atoms with van der Waals surface area (Å²) in [6.07, 6.45) is -0.295. The Labute approximate surface area is 116 Å². The highest BCUT2D eigenvalue weighted by Gasteiger charge is 2.31. The zero-order chi connectivity index (χ0) is 14.0. The van der Waals surface area contributed by atoms with Crippen LogP contribution in [0.2, 0.25) is 0 Å². The molecule has 6 nitrogen and oxygen atoms in total. The van der Waals surface area contributed by atoms with E-state index in [0.717, 1.165) is 17.2 Å². The number of nitrogens with zero attached hydrogens (tertiary/aromatic N) is 3. The van der Waals surface area contributed by atoms with E-state index in [1.54, 1.807) is 4.90 Å². The van der Waals surface area contributed by atoms with Crippen LogP contribution in [-0.4, -0.2) is 57.9 Å². The number of aromatic nitrogens is 2. The van der Waals surface area contributed by atoms with Crippen molar-refractivity contribution in [3.63, 3.8) is 0 Å². The van der Waals surface area contributed by atoms with Crippen LogP contribution in [0.1, 0.15) is 36.1 Å². The largest absolute Gasteiger partial charge is 0.394 e. The lowest BCUT2D eigenvalue weighted by Crippen LogP contribution is -2.47. The Hall–Kier alpha value is -1.05. The van der Waals surface area contributed by atoms with Crippen molar-refractivity contribution in [2.24, 2.45) is 0 Å². The van der Waals surface area contributed by atoms with E-state index in [9.17, 15) is 4.79 Å². The zero-order valence-electron chi connectivity index (χ0n) is 11.4. The second-order valence-corrected chi connectivity index (χ2v) is 6.38. The van der Waals surface area contributed by atoms with Gasteiger partial charge in [0.15, 0.2) is 0 Å². The van der Waals surface area contributed by atoms with Crippen LogP contribution in [-0.2, 0) is 10.2 Å². The summed E-state index contributed by atoms with van der Waals surface area (Å²) in [6, 6.07) is 0. The predicted octanol–water partition coefficient (Wildman–Crippen LogP) is 0.669. The van der Waals surface area contributed by atoms with Gasteiger partial charge in [-0.3, -0.25) is 4.79 Å². The van der Waals surface area contributed by atoms with Crippen molar-refractivity contribution < 1.29 is 14.6 Å². The van der Waals surface area contributed by atoms with E-state index in [2.05, 4.69) is 9.59 Å². The monoisotopic (exact) mass is 285 g/mol. The molecule has 1 N–H and O–H groups in total. The molecule has 106 valence electrons. The van der Waals surface area contributed by atoms with Gasteiger partial charge < -0.3 is 14.7 Å². The minimum Gasteiger partial charge on any atom is -0.394 e. The fourth-order valence-corrected chi connectivity index (χ4v) is 2.82. The van der Waals surface area contributed by atoms with Crippen LogP contribution in [0, 0.1) is 0 Å². The van der Waals surface area contributed by atoms with E-state index in [1.807, 2.05) is 20.8 Å². The molecular weight excluding hydrogens is 266 g/mol. The predicted molar refractivity (Wildman–Crippen MR) is 71.3 cm³/mol. The molecule has 2 rings (SSSR count). The van der Waals surface area contributed by atoms with Gasteiger partial charge in [-0.1, -0.05) is 25.3 Å². The highest BCUT2D eigenvalue weighted by molar-refractivity contribution is 7.08. The minimum absolute atomic E-state index is 0.0679. The number of carbonyl (C=O) groups is 1. The Balaban J connectivity index is 2.18. The number of morpholine rings is 1. The molecule has 0 aromatic carbocycles. The van der Waals surface area contributed by atoms with Gasteiger partial charge in [-0.15, -0.1) is 5.10 Å². The van der Waals surface area contributed by atoms with Crippen LogP contribution >= 0.6 is 11.5 Å². The summed E-state index contributed by atoms with van der Waals surface area (Å²) in [4.78, 5) is 14.8. The van der Waals surface area contributed by atoms with Crippen LogP contribution in [0.15, 0.2) is 0 Å². The van der Waals surface area contributed by atoms with Crippen LogP contribution in [0.25, 0.3) is 0 Å². The summed E-state index contributed by atoms with van der Waals surface area (Å²) >= 11 is 1.13. The summed E-state index contributed by atoms with van der Waals surface area (Å²) in [6.45, 7) is 7.36. The highest BCUT2D eigenvalue weighted by atomic mass is 32.1. The van der Waals surface area contributed by atoms with Crippen LogP contribution < -0.4 is 0 Å². The summed E-state index contributed by atoms with van der Waals surface area (Å²) in [5, 5.41) is 13.2. The second-order valence-electron chi connectivity index (χ2n) is 5.63. The summed E-state index contributed by atoms with van der Waals surface area (Å²) in [7, 11) is 0. The molecule has 1 aromatic heterocycles. The Kier molecular flexibility index (Phi) is 4.17. The standard InChI is InChI=1S/C12H19N3O3S/c1-12(2,3)10-9(19-14-13-10)11(17)15-4-5-18-8(6-15)7-16/h8,16H,4-7H2,1-3H3. The Morgan fingerprint density at radius 3 is 2.95 bits per heavy atom. The van der Waals surface area contributed by atoms with Gasteiger partial charge in [0.05, 0.1) is 25.0 Å². The SMILES string of the molecule is CC(C)(C)c1nnsc1C(=O)N1CCOC(CO)C1. The van der Waals surface area contributed by atoms with Crippen molar-refractivity contribution in [1.82, 2.24) is 14.5 Å². The smallest absolute Gasteiger partial charge is 0.267 e. The maximum absolute atomic E-state index is 12.5. The molecule has 1 saturated heterocycles. The van der Waals surface area contributed by atoms with Gasteiger partial charge in [-0.25, -0.2) is 0 Å². The number of ether oxygens (including phenoxy) is 1. The van der Waals surface area contributed by atoms with E-state index in [-0.39, 0.29) is 24.0 Å². The van der Waals surface area contributed by atoms with Gasteiger partial charge in [-0.05, 0) is 11.5 Å². The van der Waals surface area contributed by atoms with Crippen molar-refractivity contribution in [2.75, 3.05) is 26.3 Å². The maximum atomic E-state index is 12.5. The van der Waals surface area contributed by atoms with Crippen molar-refractivity contribution in [3.8, 4) is 0 Å². The highest BCUT2D eigenvalue weighted by Crippen LogP contribution is 2.27. The van der Waals surface area contributed by atoms with E-state index in [1.165, 1.54) is 0 Å². The van der Waals surface area contributed by atoms with E-state index in [0.29, 0.717) is 24.6 Å². The molecule has 2 heterocycles. The number of aliphatic hydroxyl groups excluding tert-OH is 1. The summed E-state index contributed by atoms with van der Waals surface area (Å²) in [5.74, 6) is -0.0679. The molecule has 0 saturated carbocycles. The number of hydrogen-bond acceptors (Lipinski definition) is 6. The number of amides is 1. The maximum Gasteiger partial charge on any atom is 0.267 e. The summed E-state index contributed by atoms with van der Waals surface area (Å²) < 4.78 is 9.26. The van der Waals surface area contributed by atoms with Gasteiger partial charge >= 0.3 is 0 Å². The van der Waals surface area contributed by atoms with Crippen LogP contribution in [0.3, 0.4) is 0 Å². The average Bonchev–Trinajstić information content (AvgIpc) is 2.87. The fraction of sp³-hybridized carbons (Fsp3) is 0.750. The van der Waals surface area contributed by atoms with Gasteiger partial charge in [0, 0.05) is 18.5 Å². The number of hydrogen-bond donors (Lipinski definition) is 1. The Morgan fingerprint density at radius 2 is 2.32 bits per heavy atom. The molecule has 7 heteroatoms. The van der Waals surface area contributed by atoms with Gasteiger partial charge in [0.1, 0.15) is 4.88 Å². The van der Waals surface area contributed by atoms with Crippen LogP contribution in [0.4, 0.5) is 0 Å². The van der Waals surface area contributed by atoms with Gasteiger partial charge in [0.25, 0.3) is 5.91 Å². The lowest BCUT2D eigenvalue weighted by Gasteiger charge is -2.32. The molecule has 0 bridgehead atoms. The molecule has 0 spiro atoms. The molecule has 1 amide bonds. The molecule has 1 aliphatic heterocycles. The van der Waals surface area contributed by atoms with Crippen molar-refractivity contribution in [2.45, 2.75) is 32.3 Å². The van der Waals surface area contributed by atoms with Gasteiger partial charge in [-0.2, -0.15) is 0 Å². The van der Waals surface area contributed by atoms with E-state index < -0.39 is 0 Å². The lowest BCUT2D eigenvalue weighted by atomic mass is 9.91. The first-order valence-electron chi connectivity index (χ1n) is 6.28. The molecule has 1 atom stereocenters. The number of rotatable bonds is 2. The van der Waals surface area contributed by atoms with Crippen LogP contribution in [0.5, 0.6) is 0 Å². The first-order chi connectivity index (χ1) is 8.93. The molecule has 0 aliphatic carbocycles. The Bertz CT molecular complexity index is 455. The third kappa shape index (κ3) is 3.10. The summed E-state index contributed by atoms with van der Waals surface area (Å²) in [5.41, 5.74) is 0.523. The third-order valence-electron chi connectivity index (χ3n) is 3.02.